The molecule has 0 bridgehead atoms. The molecule has 2 aromatic rings. The first-order valence-electron chi connectivity index (χ1n) is 7.80. The van der Waals surface area contributed by atoms with Crippen LogP contribution in [-0.2, 0) is 12.0 Å². The number of rotatable bonds is 6. The molecule has 8 heteroatoms. The van der Waals surface area contributed by atoms with E-state index in [-0.39, 0.29) is 12.4 Å². The average molecular weight is 373 g/mol. The van der Waals surface area contributed by atoms with Crippen LogP contribution in [0.5, 0.6) is 5.75 Å². The lowest BCUT2D eigenvalue weighted by Crippen LogP contribution is -2.34. The Bertz CT molecular complexity index is 672. The van der Waals surface area contributed by atoms with E-state index in [4.69, 9.17) is 26.6 Å². The smallest absolute Gasteiger partial charge is 0.228 e. The number of methoxy groups -OCH3 is 1. The van der Waals surface area contributed by atoms with Gasteiger partial charge in [0.25, 0.3) is 0 Å². The van der Waals surface area contributed by atoms with Crippen molar-refractivity contribution in [2.45, 2.75) is 37.6 Å². The highest BCUT2D eigenvalue weighted by Gasteiger charge is 2.35. The molecule has 6 nitrogen and oxygen atoms in total. The van der Waals surface area contributed by atoms with Crippen molar-refractivity contribution in [2.24, 2.45) is 5.73 Å². The Labute approximate surface area is 152 Å². The van der Waals surface area contributed by atoms with Gasteiger partial charge in [-0.2, -0.15) is 4.98 Å². The number of nitrogens with zero attached hydrogens (tertiary/aromatic N) is 2. The van der Waals surface area contributed by atoms with E-state index in [0.717, 1.165) is 37.1 Å². The van der Waals surface area contributed by atoms with Gasteiger partial charge in [-0.25, -0.2) is 0 Å². The Morgan fingerprint density at radius 1 is 1.38 bits per heavy atom. The minimum absolute atomic E-state index is 0. The fraction of sp³-hybridized carbons (Fsp3) is 0.500. The maximum absolute atomic E-state index is 6.34. The molecule has 0 unspecified atom stereocenters. The summed E-state index contributed by atoms with van der Waals surface area (Å²) >= 11 is 6.01. The fourth-order valence-corrected chi connectivity index (χ4v) is 3.08. The van der Waals surface area contributed by atoms with Crippen molar-refractivity contribution in [3.05, 3.63) is 34.9 Å². The van der Waals surface area contributed by atoms with E-state index < -0.39 is 5.54 Å². The van der Waals surface area contributed by atoms with Crippen molar-refractivity contribution in [2.75, 3.05) is 19.0 Å². The normalized spacial score (nSPS) is 15.8. The molecule has 1 aromatic heterocycles. The van der Waals surface area contributed by atoms with Gasteiger partial charge in [-0.05, 0) is 31.0 Å². The maximum Gasteiger partial charge on any atom is 0.228 e. The van der Waals surface area contributed by atoms with Crippen LogP contribution in [0.15, 0.2) is 22.7 Å². The first-order valence-corrected chi connectivity index (χ1v) is 8.18. The van der Waals surface area contributed by atoms with Crippen molar-refractivity contribution >= 4 is 29.7 Å². The number of ether oxygens (including phenoxy) is 1. The number of halogens is 2. The number of anilines is 1. The van der Waals surface area contributed by atoms with Gasteiger partial charge in [0.15, 0.2) is 5.82 Å². The molecule has 1 aromatic carbocycles. The zero-order valence-corrected chi connectivity index (χ0v) is 15.1. The van der Waals surface area contributed by atoms with E-state index in [1.165, 1.54) is 0 Å². The third kappa shape index (κ3) is 4.12. The van der Waals surface area contributed by atoms with Crippen molar-refractivity contribution in [3.63, 3.8) is 0 Å². The topological polar surface area (TPSA) is 86.2 Å². The van der Waals surface area contributed by atoms with Crippen molar-refractivity contribution in [1.29, 1.82) is 0 Å². The molecule has 0 spiro atoms. The number of hydrogen-bond acceptors (Lipinski definition) is 6. The predicted octanol–water partition coefficient (Wildman–Crippen LogP) is 3.54. The number of benzene rings is 1. The Morgan fingerprint density at radius 3 is 2.83 bits per heavy atom. The van der Waals surface area contributed by atoms with E-state index in [1.807, 2.05) is 12.1 Å². The summed E-state index contributed by atoms with van der Waals surface area (Å²) in [6.45, 7) is 0.635. The largest absolute Gasteiger partial charge is 0.495 e. The summed E-state index contributed by atoms with van der Waals surface area (Å²) < 4.78 is 10.6. The Kier molecular flexibility index (Phi) is 6.32. The highest BCUT2D eigenvalue weighted by atomic mass is 35.5. The Hall–Kier alpha value is -1.50. The minimum Gasteiger partial charge on any atom is -0.495 e. The van der Waals surface area contributed by atoms with Crippen LogP contribution in [0.25, 0.3) is 0 Å². The molecule has 1 aliphatic carbocycles. The number of aromatic nitrogens is 2. The first kappa shape index (κ1) is 18.8. The molecule has 0 aliphatic heterocycles. The molecule has 3 rings (SSSR count). The van der Waals surface area contributed by atoms with Crippen LogP contribution < -0.4 is 15.8 Å². The van der Waals surface area contributed by atoms with Crippen molar-refractivity contribution < 1.29 is 9.26 Å². The summed E-state index contributed by atoms with van der Waals surface area (Å²) in [5.41, 5.74) is 6.76. The zero-order chi connectivity index (χ0) is 16.3. The summed E-state index contributed by atoms with van der Waals surface area (Å²) in [6.07, 6.45) is 4.69. The molecule has 0 saturated heterocycles. The van der Waals surface area contributed by atoms with Crippen LogP contribution in [0.3, 0.4) is 0 Å². The second-order valence-corrected chi connectivity index (χ2v) is 6.33. The van der Waals surface area contributed by atoms with Crippen LogP contribution in [0.1, 0.15) is 37.4 Å². The predicted molar refractivity (Wildman–Crippen MR) is 96.1 cm³/mol. The highest BCUT2D eigenvalue weighted by Crippen LogP contribution is 2.34. The first-order chi connectivity index (χ1) is 11.1. The van der Waals surface area contributed by atoms with E-state index >= 15 is 0 Å². The van der Waals surface area contributed by atoms with Crippen LogP contribution >= 0.6 is 24.0 Å². The number of hydrogen-bond donors (Lipinski definition) is 2. The third-order valence-electron chi connectivity index (χ3n) is 4.23. The van der Waals surface area contributed by atoms with Crippen molar-refractivity contribution in [3.8, 4) is 5.75 Å². The molecule has 0 atom stereocenters. The van der Waals surface area contributed by atoms with Crippen LogP contribution in [0, 0.1) is 0 Å². The fourth-order valence-electron chi connectivity index (χ4n) is 2.91. The molecule has 1 heterocycles. The van der Waals surface area contributed by atoms with Crippen LogP contribution in [-0.4, -0.2) is 23.8 Å². The Balaban J connectivity index is 0.00000208. The molecular weight excluding hydrogens is 351 g/mol. The van der Waals surface area contributed by atoms with Crippen molar-refractivity contribution in [1.82, 2.24) is 10.1 Å². The highest BCUT2D eigenvalue weighted by molar-refractivity contribution is 6.30. The molecular formula is C16H22Cl2N4O2. The summed E-state index contributed by atoms with van der Waals surface area (Å²) in [5, 5.41) is 7.98. The second-order valence-electron chi connectivity index (χ2n) is 5.90. The SMILES string of the molecule is COc1ccc(Cl)cc1NCCc1nc(C2(N)CCCC2)no1.Cl. The second kappa shape index (κ2) is 8.05. The van der Waals surface area contributed by atoms with Gasteiger partial charge < -0.3 is 20.3 Å². The average Bonchev–Trinajstić information content (AvgIpc) is 3.18. The molecule has 1 aliphatic rings. The molecule has 3 N–H and O–H groups in total. The molecule has 0 radical (unpaired) electrons. The maximum atomic E-state index is 6.34. The van der Waals surface area contributed by atoms with Crippen LogP contribution in [0.2, 0.25) is 5.02 Å². The van der Waals surface area contributed by atoms with Gasteiger partial charge >= 0.3 is 0 Å². The summed E-state index contributed by atoms with van der Waals surface area (Å²) in [4.78, 5) is 4.46. The molecule has 1 fully saturated rings. The monoisotopic (exact) mass is 372 g/mol. The standard InChI is InChI=1S/C16H21ClN4O2.ClH/c1-22-13-5-4-11(17)10-12(13)19-9-6-14-20-15(21-23-14)16(18)7-2-3-8-16;/h4-5,10,19H,2-3,6-9,18H2,1H3;1H. The number of nitrogens with one attached hydrogen (secondary N) is 1. The van der Waals surface area contributed by atoms with Gasteiger partial charge in [0.2, 0.25) is 5.89 Å². The van der Waals surface area contributed by atoms with Gasteiger partial charge in [0.05, 0.1) is 18.3 Å². The zero-order valence-electron chi connectivity index (χ0n) is 13.5. The lowest BCUT2D eigenvalue weighted by molar-refractivity contribution is 0.350. The molecule has 1 saturated carbocycles. The van der Waals surface area contributed by atoms with Crippen LogP contribution in [0.4, 0.5) is 5.69 Å². The van der Waals surface area contributed by atoms with E-state index in [9.17, 15) is 0 Å². The third-order valence-corrected chi connectivity index (χ3v) is 4.46. The summed E-state index contributed by atoms with van der Waals surface area (Å²) in [6, 6.07) is 5.44. The van der Waals surface area contributed by atoms with Gasteiger partial charge in [0.1, 0.15) is 5.75 Å². The lowest BCUT2D eigenvalue weighted by Gasteiger charge is -2.17. The van der Waals surface area contributed by atoms with E-state index in [2.05, 4.69) is 15.5 Å². The van der Waals surface area contributed by atoms with Gasteiger partial charge in [-0.1, -0.05) is 29.6 Å². The molecule has 132 valence electrons. The minimum atomic E-state index is -0.411. The van der Waals surface area contributed by atoms with E-state index in [0.29, 0.717) is 29.7 Å². The van der Waals surface area contributed by atoms with Gasteiger partial charge in [-0.3, -0.25) is 0 Å². The Morgan fingerprint density at radius 2 is 2.12 bits per heavy atom. The summed E-state index contributed by atoms with van der Waals surface area (Å²) in [7, 11) is 1.63. The molecule has 24 heavy (non-hydrogen) atoms. The van der Waals surface area contributed by atoms with E-state index in [1.54, 1.807) is 13.2 Å². The lowest BCUT2D eigenvalue weighted by atomic mass is 9.99. The molecule has 0 amide bonds. The van der Waals surface area contributed by atoms with Gasteiger partial charge in [-0.15, -0.1) is 12.4 Å². The quantitative estimate of drug-likeness (QED) is 0.806. The summed E-state index contributed by atoms with van der Waals surface area (Å²) in [5.74, 6) is 1.96. The van der Waals surface area contributed by atoms with Gasteiger partial charge in [0, 0.05) is 18.0 Å². The number of nitrogens with two attached hydrogens (primary N) is 1.